The maximum Gasteiger partial charge on any atom is 0.307 e. The van der Waals surface area contributed by atoms with Crippen LogP contribution in [0, 0.1) is 12.8 Å². The number of nitrogens with zero attached hydrogens (tertiary/aromatic N) is 3. The number of aryl methyl sites for hydroxylation is 1. The molecule has 0 aromatic carbocycles. The third kappa shape index (κ3) is 2.43. The fraction of sp³-hybridized carbons (Fsp3) is 0.529. The highest BCUT2D eigenvalue weighted by molar-refractivity contribution is 6.00. The van der Waals surface area contributed by atoms with E-state index in [0.717, 1.165) is 19.3 Å². The summed E-state index contributed by atoms with van der Waals surface area (Å²) in [5, 5.41) is 2.80. The average molecular weight is 344 g/mol. The number of aromatic amines is 1. The number of amides is 1. The summed E-state index contributed by atoms with van der Waals surface area (Å²) in [5.74, 6) is -0.160. The molecule has 0 radical (unpaired) electrons. The number of methoxy groups -OCH3 is 1. The molecular formula is C17H20N4O4. The van der Waals surface area contributed by atoms with Crippen molar-refractivity contribution in [1.29, 1.82) is 0 Å². The molecule has 2 bridgehead atoms. The molecule has 8 heteroatoms. The molecule has 4 rings (SSSR count). The van der Waals surface area contributed by atoms with Gasteiger partial charge in [-0.25, -0.2) is 9.50 Å². The Kier molecular flexibility index (Phi) is 3.63. The summed E-state index contributed by atoms with van der Waals surface area (Å²) in [7, 11) is 1.36. The van der Waals surface area contributed by atoms with E-state index in [4.69, 9.17) is 4.74 Å². The molecule has 2 fully saturated rings. The molecule has 1 N–H and O–H groups in total. The molecule has 1 aliphatic carbocycles. The Labute approximate surface area is 143 Å². The molecule has 0 unspecified atom stereocenters. The van der Waals surface area contributed by atoms with E-state index >= 15 is 0 Å². The zero-order valence-corrected chi connectivity index (χ0v) is 14.2. The second kappa shape index (κ2) is 5.72. The lowest BCUT2D eigenvalue weighted by molar-refractivity contribution is -0.142. The van der Waals surface area contributed by atoms with Gasteiger partial charge in [0.05, 0.1) is 13.5 Å². The van der Waals surface area contributed by atoms with Gasteiger partial charge < -0.3 is 9.64 Å². The highest BCUT2D eigenvalue weighted by atomic mass is 16.5. The largest absolute Gasteiger partial charge is 0.469 e. The predicted octanol–water partition coefficient (Wildman–Crippen LogP) is 0.887. The molecule has 2 aromatic rings. The molecule has 8 nitrogen and oxygen atoms in total. The Morgan fingerprint density at radius 2 is 2.20 bits per heavy atom. The Morgan fingerprint density at radius 1 is 1.40 bits per heavy atom. The van der Waals surface area contributed by atoms with Crippen LogP contribution in [0.25, 0.3) is 5.65 Å². The third-order valence-corrected chi connectivity index (χ3v) is 5.43. The Morgan fingerprint density at radius 3 is 2.96 bits per heavy atom. The van der Waals surface area contributed by atoms with Crippen LogP contribution in [0.4, 0.5) is 0 Å². The number of hydrogen-bond acceptors (Lipinski definition) is 5. The van der Waals surface area contributed by atoms with Crippen LogP contribution in [-0.4, -0.2) is 50.6 Å². The van der Waals surface area contributed by atoms with Gasteiger partial charge in [0.2, 0.25) is 0 Å². The summed E-state index contributed by atoms with van der Waals surface area (Å²) >= 11 is 0. The second-order valence-corrected chi connectivity index (χ2v) is 6.87. The Hall–Kier alpha value is -2.64. The van der Waals surface area contributed by atoms with E-state index in [-0.39, 0.29) is 35.9 Å². The smallest absolute Gasteiger partial charge is 0.307 e. The number of esters is 1. The number of rotatable bonds is 3. The van der Waals surface area contributed by atoms with Gasteiger partial charge in [0.25, 0.3) is 11.5 Å². The number of fused-ring (bicyclic) bond motifs is 3. The van der Waals surface area contributed by atoms with Crippen LogP contribution < -0.4 is 5.56 Å². The molecule has 0 spiro atoms. The maximum atomic E-state index is 13.2. The van der Waals surface area contributed by atoms with Crippen molar-refractivity contribution >= 4 is 17.5 Å². The van der Waals surface area contributed by atoms with Crippen molar-refractivity contribution in [2.24, 2.45) is 5.92 Å². The summed E-state index contributed by atoms with van der Waals surface area (Å²) in [6.45, 7) is 1.72. The van der Waals surface area contributed by atoms with Crippen molar-refractivity contribution < 1.29 is 14.3 Å². The maximum absolute atomic E-state index is 13.2. The molecule has 132 valence electrons. The summed E-state index contributed by atoms with van der Waals surface area (Å²) in [4.78, 5) is 43.2. The fourth-order valence-corrected chi connectivity index (χ4v) is 4.32. The van der Waals surface area contributed by atoms with Crippen molar-refractivity contribution in [3.05, 3.63) is 33.9 Å². The molecule has 2 aliphatic rings. The molecule has 3 atom stereocenters. The van der Waals surface area contributed by atoms with Gasteiger partial charge in [-0.1, -0.05) is 0 Å². The first-order chi connectivity index (χ1) is 12.0. The van der Waals surface area contributed by atoms with E-state index in [9.17, 15) is 14.4 Å². The first kappa shape index (κ1) is 15.9. The topological polar surface area (TPSA) is 96.8 Å². The summed E-state index contributed by atoms with van der Waals surface area (Å²) in [6.07, 6.45) is 4.62. The normalized spacial score (nSPS) is 24.9. The van der Waals surface area contributed by atoms with Gasteiger partial charge in [0.15, 0.2) is 5.65 Å². The minimum Gasteiger partial charge on any atom is -0.469 e. The predicted molar refractivity (Wildman–Crippen MR) is 88.3 cm³/mol. The van der Waals surface area contributed by atoms with Crippen molar-refractivity contribution in [3.8, 4) is 0 Å². The number of H-pyrrole nitrogens is 1. The molecule has 1 aliphatic heterocycles. The molecule has 25 heavy (non-hydrogen) atoms. The van der Waals surface area contributed by atoms with Gasteiger partial charge in [0.1, 0.15) is 5.56 Å². The number of aromatic nitrogens is 3. The fourth-order valence-electron chi connectivity index (χ4n) is 4.32. The molecule has 3 heterocycles. The van der Waals surface area contributed by atoms with Crippen LogP contribution in [0.2, 0.25) is 0 Å². The van der Waals surface area contributed by atoms with Crippen LogP contribution in [0.3, 0.4) is 0 Å². The number of piperidine rings is 1. The van der Waals surface area contributed by atoms with Gasteiger partial charge in [-0.2, -0.15) is 0 Å². The number of hydrogen-bond donors (Lipinski definition) is 1. The van der Waals surface area contributed by atoms with Crippen LogP contribution in [0.15, 0.2) is 17.1 Å². The summed E-state index contributed by atoms with van der Waals surface area (Å²) < 4.78 is 6.07. The van der Waals surface area contributed by atoms with Crippen molar-refractivity contribution in [3.63, 3.8) is 0 Å². The summed E-state index contributed by atoms with van der Waals surface area (Å²) in [6, 6.07) is 1.40. The van der Waals surface area contributed by atoms with Crippen LogP contribution in [0.5, 0.6) is 0 Å². The molecule has 1 saturated heterocycles. The van der Waals surface area contributed by atoms with Gasteiger partial charge in [-0.3, -0.25) is 19.5 Å². The Bertz CT molecular complexity index is 915. The number of carbonyl (C=O) groups excluding carboxylic acids is 2. The molecular weight excluding hydrogens is 324 g/mol. The van der Waals surface area contributed by atoms with Crippen LogP contribution in [0.1, 0.15) is 41.7 Å². The van der Waals surface area contributed by atoms with Crippen molar-refractivity contribution in [2.45, 2.75) is 44.7 Å². The monoisotopic (exact) mass is 344 g/mol. The number of nitrogens with one attached hydrogen (secondary N) is 1. The van der Waals surface area contributed by atoms with Gasteiger partial charge in [-0.15, -0.1) is 0 Å². The third-order valence-electron chi connectivity index (χ3n) is 5.43. The standard InChI is InChI=1S/C17H20N4O4/c1-9-5-14(22)21-16(19-9)12(8-18-21)17(24)20-11-4-3-10(6-11)13(20)7-15(23)25-2/h5,8,10-11,13,18H,3-4,6-7H2,1-2H3/t10-,11+,13+/m0/s1. The molecule has 2 aromatic heterocycles. The first-order valence-corrected chi connectivity index (χ1v) is 8.47. The highest BCUT2D eigenvalue weighted by Gasteiger charge is 2.49. The minimum absolute atomic E-state index is 0.138. The lowest BCUT2D eigenvalue weighted by Gasteiger charge is -2.34. The number of likely N-dealkylation sites (tertiary alicyclic amines) is 1. The van der Waals surface area contributed by atoms with Crippen molar-refractivity contribution in [2.75, 3.05) is 7.11 Å². The minimum atomic E-state index is -0.306. The SMILES string of the molecule is COC(=O)C[C@@H]1[C@H]2CC[C@H](C2)N1C(=O)c1c[nH]n2c(=O)cc(C)nc12. The number of ether oxygens (including phenoxy) is 1. The number of carbonyl (C=O) groups is 2. The van der Waals surface area contributed by atoms with Gasteiger partial charge in [0, 0.05) is 30.0 Å². The van der Waals surface area contributed by atoms with Crippen molar-refractivity contribution in [1.82, 2.24) is 19.5 Å². The van der Waals surface area contributed by atoms with Crippen LogP contribution in [-0.2, 0) is 9.53 Å². The van der Waals surface area contributed by atoms with Gasteiger partial charge in [-0.05, 0) is 32.1 Å². The van der Waals surface area contributed by atoms with E-state index in [2.05, 4.69) is 10.1 Å². The quantitative estimate of drug-likeness (QED) is 0.834. The van der Waals surface area contributed by atoms with Gasteiger partial charge >= 0.3 is 5.97 Å². The zero-order chi connectivity index (χ0) is 17.7. The lowest BCUT2D eigenvalue weighted by Crippen LogP contribution is -2.46. The highest BCUT2D eigenvalue weighted by Crippen LogP contribution is 2.44. The van der Waals surface area contributed by atoms with E-state index < -0.39 is 0 Å². The zero-order valence-electron chi connectivity index (χ0n) is 14.2. The second-order valence-electron chi connectivity index (χ2n) is 6.87. The van der Waals surface area contributed by atoms with E-state index in [0.29, 0.717) is 22.8 Å². The lowest BCUT2D eigenvalue weighted by atomic mass is 9.95. The Balaban J connectivity index is 1.72. The first-order valence-electron chi connectivity index (χ1n) is 8.47. The average Bonchev–Trinajstić information content (AvgIpc) is 3.28. The molecule has 1 saturated carbocycles. The van der Waals surface area contributed by atoms with E-state index in [1.807, 2.05) is 4.90 Å². The van der Waals surface area contributed by atoms with Crippen LogP contribution >= 0.6 is 0 Å². The van der Waals surface area contributed by atoms with E-state index in [1.165, 1.54) is 23.9 Å². The summed E-state index contributed by atoms with van der Waals surface area (Å²) in [5.41, 5.74) is 1.00. The molecule has 1 amide bonds. The van der Waals surface area contributed by atoms with E-state index in [1.54, 1.807) is 6.92 Å².